The van der Waals surface area contributed by atoms with Crippen molar-refractivity contribution in [3.8, 4) is 0 Å². The van der Waals surface area contributed by atoms with Gasteiger partial charge in [0.15, 0.2) is 0 Å². The molecule has 19 heavy (non-hydrogen) atoms. The molecule has 2 rings (SSSR count). The highest BCUT2D eigenvalue weighted by atomic mass is 32.1. The Balaban J connectivity index is 1.81. The second-order valence-corrected chi connectivity index (χ2v) is 6.04. The van der Waals surface area contributed by atoms with Crippen LogP contribution >= 0.6 is 22.7 Å². The first-order valence-corrected chi connectivity index (χ1v) is 8.08. The van der Waals surface area contributed by atoms with Crippen LogP contribution in [0.5, 0.6) is 0 Å². The standard InChI is InChI=1S/C14H17NO2S2/c16-7-4-11(13-2-1-8-19-13)3-6-15-14(17)12-5-9-18-10-12/h1-2,5,8-11,16H,3-4,6-7H2,(H,15,17)/t11-/m1/s1. The zero-order chi connectivity index (χ0) is 13.5. The molecule has 0 aliphatic heterocycles. The molecule has 102 valence electrons. The molecule has 0 saturated carbocycles. The minimum absolute atomic E-state index is 0.0184. The number of rotatable bonds is 7. The monoisotopic (exact) mass is 295 g/mol. The smallest absolute Gasteiger partial charge is 0.252 e. The summed E-state index contributed by atoms with van der Waals surface area (Å²) in [7, 11) is 0. The highest BCUT2D eigenvalue weighted by Crippen LogP contribution is 2.26. The van der Waals surface area contributed by atoms with E-state index in [9.17, 15) is 4.79 Å². The zero-order valence-electron chi connectivity index (χ0n) is 10.5. The van der Waals surface area contributed by atoms with Gasteiger partial charge in [0.05, 0.1) is 0 Å². The Morgan fingerprint density at radius 2 is 2.21 bits per heavy atom. The van der Waals surface area contributed by atoms with Crippen molar-refractivity contribution in [1.82, 2.24) is 5.32 Å². The van der Waals surface area contributed by atoms with E-state index >= 15 is 0 Å². The van der Waals surface area contributed by atoms with E-state index in [4.69, 9.17) is 5.11 Å². The second-order valence-electron chi connectivity index (χ2n) is 4.28. The molecule has 0 radical (unpaired) electrons. The molecule has 0 saturated heterocycles. The lowest BCUT2D eigenvalue weighted by atomic mass is 10.00. The molecule has 0 fully saturated rings. The normalized spacial score (nSPS) is 12.3. The fraction of sp³-hybridized carbons (Fsp3) is 0.357. The molecule has 1 amide bonds. The molecule has 2 N–H and O–H groups in total. The van der Waals surface area contributed by atoms with Gasteiger partial charge in [-0.2, -0.15) is 11.3 Å². The number of hydrogen-bond donors (Lipinski definition) is 2. The number of hydrogen-bond acceptors (Lipinski definition) is 4. The van der Waals surface area contributed by atoms with Crippen molar-refractivity contribution in [1.29, 1.82) is 0 Å². The van der Waals surface area contributed by atoms with Gasteiger partial charge in [-0.15, -0.1) is 11.3 Å². The van der Waals surface area contributed by atoms with Crippen molar-refractivity contribution >= 4 is 28.6 Å². The van der Waals surface area contributed by atoms with Crippen molar-refractivity contribution < 1.29 is 9.90 Å². The maximum absolute atomic E-state index is 11.8. The lowest BCUT2D eigenvalue weighted by Gasteiger charge is -2.14. The molecular weight excluding hydrogens is 278 g/mol. The number of carbonyl (C=O) groups excluding carboxylic acids is 1. The molecule has 0 bridgehead atoms. The highest BCUT2D eigenvalue weighted by molar-refractivity contribution is 7.10. The molecule has 0 aliphatic carbocycles. The van der Waals surface area contributed by atoms with Gasteiger partial charge in [-0.25, -0.2) is 0 Å². The molecule has 0 aromatic carbocycles. The Hall–Kier alpha value is -1.17. The van der Waals surface area contributed by atoms with Crippen LogP contribution in [-0.4, -0.2) is 24.2 Å². The summed E-state index contributed by atoms with van der Waals surface area (Å²) in [6.45, 7) is 0.818. The molecule has 3 nitrogen and oxygen atoms in total. The van der Waals surface area contributed by atoms with Gasteiger partial charge in [0.2, 0.25) is 0 Å². The van der Waals surface area contributed by atoms with Crippen LogP contribution in [0.2, 0.25) is 0 Å². The van der Waals surface area contributed by atoms with Crippen molar-refractivity contribution in [2.24, 2.45) is 0 Å². The van der Waals surface area contributed by atoms with Gasteiger partial charge in [-0.05, 0) is 41.7 Å². The van der Waals surface area contributed by atoms with Gasteiger partial charge in [-0.1, -0.05) is 6.07 Å². The third kappa shape index (κ3) is 4.16. The number of aliphatic hydroxyl groups is 1. The average molecular weight is 295 g/mol. The largest absolute Gasteiger partial charge is 0.396 e. The summed E-state index contributed by atoms with van der Waals surface area (Å²) in [4.78, 5) is 13.1. The van der Waals surface area contributed by atoms with E-state index in [1.54, 1.807) is 11.3 Å². The first-order chi connectivity index (χ1) is 9.31. The van der Waals surface area contributed by atoms with E-state index in [1.807, 2.05) is 28.3 Å². The Kier molecular flexibility index (Phi) is 5.57. The quantitative estimate of drug-likeness (QED) is 0.824. The first kappa shape index (κ1) is 14.2. The van der Waals surface area contributed by atoms with Crippen molar-refractivity contribution in [3.05, 3.63) is 44.8 Å². The molecule has 5 heteroatoms. The molecule has 1 atom stereocenters. The Morgan fingerprint density at radius 3 is 2.84 bits per heavy atom. The number of aliphatic hydroxyl groups excluding tert-OH is 1. The average Bonchev–Trinajstić information content (AvgIpc) is 3.10. The first-order valence-electron chi connectivity index (χ1n) is 6.26. The minimum atomic E-state index is -0.0184. The second kappa shape index (κ2) is 7.43. The van der Waals surface area contributed by atoms with Crippen LogP contribution in [0, 0.1) is 0 Å². The van der Waals surface area contributed by atoms with E-state index in [0.717, 1.165) is 18.4 Å². The summed E-state index contributed by atoms with van der Waals surface area (Å²) >= 11 is 3.23. The Labute approximate surface area is 120 Å². The predicted molar refractivity (Wildman–Crippen MR) is 80.0 cm³/mol. The Bertz CT molecular complexity index is 480. The van der Waals surface area contributed by atoms with E-state index in [2.05, 4.69) is 11.4 Å². The molecular formula is C14H17NO2S2. The molecule has 0 aliphatic rings. The van der Waals surface area contributed by atoms with Crippen LogP contribution in [0.15, 0.2) is 34.3 Å². The van der Waals surface area contributed by atoms with Crippen LogP contribution in [-0.2, 0) is 0 Å². The van der Waals surface area contributed by atoms with E-state index in [-0.39, 0.29) is 12.5 Å². The van der Waals surface area contributed by atoms with Crippen LogP contribution in [0.3, 0.4) is 0 Å². The molecule has 0 spiro atoms. The van der Waals surface area contributed by atoms with Gasteiger partial charge in [0.25, 0.3) is 5.91 Å². The van der Waals surface area contributed by atoms with Gasteiger partial charge < -0.3 is 10.4 Å². The highest BCUT2D eigenvalue weighted by Gasteiger charge is 2.13. The summed E-state index contributed by atoms with van der Waals surface area (Å²) < 4.78 is 0. The van der Waals surface area contributed by atoms with E-state index in [0.29, 0.717) is 12.5 Å². The molecule has 2 heterocycles. The van der Waals surface area contributed by atoms with Crippen LogP contribution in [0.4, 0.5) is 0 Å². The predicted octanol–water partition coefficient (Wildman–Crippen LogP) is 3.10. The van der Waals surface area contributed by atoms with Crippen LogP contribution in [0.1, 0.15) is 34.0 Å². The fourth-order valence-corrected chi connectivity index (χ4v) is 3.50. The van der Waals surface area contributed by atoms with E-state index < -0.39 is 0 Å². The third-order valence-electron chi connectivity index (χ3n) is 2.98. The van der Waals surface area contributed by atoms with Crippen LogP contribution in [0.25, 0.3) is 0 Å². The summed E-state index contributed by atoms with van der Waals surface area (Å²) in [6.07, 6.45) is 1.60. The molecule has 2 aromatic heterocycles. The topological polar surface area (TPSA) is 49.3 Å². The lowest BCUT2D eigenvalue weighted by Crippen LogP contribution is -2.25. The summed E-state index contributed by atoms with van der Waals surface area (Å²) in [5.74, 6) is 0.308. The maximum Gasteiger partial charge on any atom is 0.252 e. The lowest BCUT2D eigenvalue weighted by molar-refractivity contribution is 0.0952. The van der Waals surface area contributed by atoms with Gasteiger partial charge in [0.1, 0.15) is 0 Å². The van der Waals surface area contributed by atoms with E-state index in [1.165, 1.54) is 16.2 Å². The van der Waals surface area contributed by atoms with Gasteiger partial charge >= 0.3 is 0 Å². The van der Waals surface area contributed by atoms with Crippen molar-refractivity contribution in [3.63, 3.8) is 0 Å². The summed E-state index contributed by atoms with van der Waals surface area (Å²) in [6, 6.07) is 5.93. The zero-order valence-corrected chi connectivity index (χ0v) is 12.2. The third-order valence-corrected chi connectivity index (χ3v) is 4.70. The maximum atomic E-state index is 11.8. The fourth-order valence-electron chi connectivity index (χ4n) is 1.96. The summed E-state index contributed by atoms with van der Waals surface area (Å²) in [5.41, 5.74) is 0.722. The van der Waals surface area contributed by atoms with Gasteiger partial charge in [0, 0.05) is 29.0 Å². The Morgan fingerprint density at radius 1 is 1.32 bits per heavy atom. The minimum Gasteiger partial charge on any atom is -0.396 e. The van der Waals surface area contributed by atoms with Gasteiger partial charge in [-0.3, -0.25) is 4.79 Å². The molecule has 2 aromatic rings. The SMILES string of the molecule is O=C(NCC[C@H](CCO)c1cccs1)c1ccsc1. The molecule has 0 unspecified atom stereocenters. The van der Waals surface area contributed by atoms with Crippen LogP contribution < -0.4 is 5.32 Å². The summed E-state index contributed by atoms with van der Waals surface area (Å²) in [5, 5.41) is 17.8. The number of carbonyl (C=O) groups is 1. The number of nitrogens with one attached hydrogen (secondary N) is 1. The number of amides is 1. The van der Waals surface area contributed by atoms with Crippen molar-refractivity contribution in [2.45, 2.75) is 18.8 Å². The van der Waals surface area contributed by atoms with Crippen molar-refractivity contribution in [2.75, 3.05) is 13.2 Å². The number of thiophene rings is 2.